The van der Waals surface area contributed by atoms with Crippen LogP contribution < -0.4 is 14.8 Å². The highest BCUT2D eigenvalue weighted by Gasteiger charge is 2.27. The van der Waals surface area contributed by atoms with E-state index in [-0.39, 0.29) is 29.6 Å². The second kappa shape index (κ2) is 10.3. The number of carbonyl (C=O) groups is 1. The zero-order chi connectivity index (χ0) is 23.3. The fraction of sp³-hybridized carbons (Fsp3) is 0.261. The van der Waals surface area contributed by atoms with Gasteiger partial charge in [-0.25, -0.2) is 8.42 Å². The van der Waals surface area contributed by atoms with E-state index >= 15 is 0 Å². The fourth-order valence-electron chi connectivity index (χ4n) is 3.28. The zero-order valence-electron chi connectivity index (χ0n) is 18.0. The second-order valence-electron chi connectivity index (χ2n) is 7.15. The van der Waals surface area contributed by atoms with Crippen molar-refractivity contribution in [3.8, 4) is 17.2 Å². The van der Waals surface area contributed by atoms with Crippen molar-refractivity contribution in [2.45, 2.75) is 11.8 Å². The molecule has 0 unspecified atom stereocenters. The summed E-state index contributed by atoms with van der Waals surface area (Å²) in [4.78, 5) is 12.8. The molecule has 0 atom stereocenters. The number of nitrogens with one attached hydrogen (secondary N) is 1. The molecule has 1 amide bonds. The van der Waals surface area contributed by atoms with Gasteiger partial charge in [-0.05, 0) is 60.8 Å². The van der Waals surface area contributed by atoms with Gasteiger partial charge in [-0.2, -0.15) is 15.6 Å². The van der Waals surface area contributed by atoms with E-state index in [4.69, 9.17) is 14.2 Å². The van der Waals surface area contributed by atoms with E-state index in [0.717, 1.165) is 0 Å². The van der Waals surface area contributed by atoms with E-state index in [1.807, 2.05) is 6.92 Å². The van der Waals surface area contributed by atoms with E-state index < -0.39 is 10.0 Å². The van der Waals surface area contributed by atoms with Crippen LogP contribution in [0.15, 0.2) is 64.2 Å². The Morgan fingerprint density at radius 1 is 1.09 bits per heavy atom. The molecule has 2 aromatic carbocycles. The van der Waals surface area contributed by atoms with E-state index in [0.29, 0.717) is 42.6 Å². The molecule has 1 saturated heterocycles. The van der Waals surface area contributed by atoms with Crippen molar-refractivity contribution in [2.75, 3.05) is 38.2 Å². The van der Waals surface area contributed by atoms with Gasteiger partial charge in [0.1, 0.15) is 11.5 Å². The van der Waals surface area contributed by atoms with E-state index in [2.05, 4.69) is 5.32 Å². The van der Waals surface area contributed by atoms with Gasteiger partial charge in [0.05, 0.1) is 36.0 Å². The summed E-state index contributed by atoms with van der Waals surface area (Å²) in [6.45, 7) is 3.71. The molecule has 174 valence electrons. The van der Waals surface area contributed by atoms with Gasteiger partial charge in [0.2, 0.25) is 10.0 Å². The molecule has 1 aliphatic rings. The van der Waals surface area contributed by atoms with Gasteiger partial charge in [-0.1, -0.05) is 0 Å². The zero-order valence-corrected chi connectivity index (χ0v) is 19.7. The number of anilines is 1. The maximum atomic E-state index is 13.1. The predicted octanol–water partition coefficient (Wildman–Crippen LogP) is 4.21. The van der Waals surface area contributed by atoms with Crippen LogP contribution >= 0.6 is 11.3 Å². The maximum absolute atomic E-state index is 13.1. The lowest BCUT2D eigenvalue weighted by atomic mass is 10.2. The van der Waals surface area contributed by atoms with Gasteiger partial charge in [0.25, 0.3) is 5.91 Å². The Hall–Kier alpha value is -2.92. The minimum absolute atomic E-state index is 0.0732. The van der Waals surface area contributed by atoms with Gasteiger partial charge in [-0.3, -0.25) is 4.79 Å². The number of benzene rings is 2. The molecule has 1 aromatic heterocycles. The van der Waals surface area contributed by atoms with Crippen LogP contribution in [-0.4, -0.2) is 51.5 Å². The van der Waals surface area contributed by atoms with Crippen molar-refractivity contribution in [3.05, 3.63) is 64.9 Å². The van der Waals surface area contributed by atoms with Crippen LogP contribution in [0, 0.1) is 0 Å². The third kappa shape index (κ3) is 5.53. The standard InChI is InChI=1S/C23H24N2O6S2/c1-2-30-18-3-5-19(6-4-18)31-22-8-7-20(33(27,28)25-10-12-29-13-11-25)15-21(22)24-23(26)17-9-14-32-16-17/h3-9,14-16H,2,10-13H2,1H3,(H,24,26). The summed E-state index contributed by atoms with van der Waals surface area (Å²) in [5.74, 6) is 1.20. The predicted molar refractivity (Wildman–Crippen MR) is 126 cm³/mol. The Morgan fingerprint density at radius 2 is 1.82 bits per heavy atom. The summed E-state index contributed by atoms with van der Waals surface area (Å²) < 4.78 is 44.3. The van der Waals surface area contributed by atoms with Crippen LogP contribution in [0.5, 0.6) is 17.2 Å². The molecule has 0 bridgehead atoms. The number of morpholine rings is 1. The molecule has 4 rings (SSSR count). The number of sulfonamides is 1. The largest absolute Gasteiger partial charge is 0.494 e. The number of ether oxygens (including phenoxy) is 3. The number of hydrogen-bond donors (Lipinski definition) is 1. The van der Waals surface area contributed by atoms with Crippen LogP contribution in [0.1, 0.15) is 17.3 Å². The van der Waals surface area contributed by atoms with Crippen molar-refractivity contribution < 1.29 is 27.4 Å². The van der Waals surface area contributed by atoms with Crippen LogP contribution in [-0.2, 0) is 14.8 Å². The Morgan fingerprint density at radius 3 is 2.48 bits per heavy atom. The normalized spacial score (nSPS) is 14.6. The van der Waals surface area contributed by atoms with Crippen LogP contribution in [0.2, 0.25) is 0 Å². The van der Waals surface area contributed by atoms with Crippen molar-refractivity contribution in [3.63, 3.8) is 0 Å². The van der Waals surface area contributed by atoms with Crippen molar-refractivity contribution >= 4 is 33.0 Å². The number of thiophene rings is 1. The maximum Gasteiger partial charge on any atom is 0.256 e. The van der Waals surface area contributed by atoms with Crippen LogP contribution in [0.25, 0.3) is 0 Å². The smallest absolute Gasteiger partial charge is 0.256 e. The lowest BCUT2D eigenvalue weighted by molar-refractivity contribution is 0.0730. The first-order chi connectivity index (χ1) is 16.0. The number of amides is 1. The molecule has 8 nitrogen and oxygen atoms in total. The summed E-state index contributed by atoms with van der Waals surface area (Å²) in [6.07, 6.45) is 0. The molecule has 0 aliphatic carbocycles. The minimum atomic E-state index is -3.74. The number of carbonyl (C=O) groups excluding carboxylic acids is 1. The van der Waals surface area contributed by atoms with Gasteiger partial charge in [-0.15, -0.1) is 0 Å². The summed E-state index contributed by atoms with van der Waals surface area (Å²) in [5.41, 5.74) is 0.739. The third-order valence-corrected chi connectivity index (χ3v) is 7.53. The molecule has 0 radical (unpaired) electrons. The molecule has 0 spiro atoms. The lowest BCUT2D eigenvalue weighted by Crippen LogP contribution is -2.40. The quantitative estimate of drug-likeness (QED) is 0.510. The van der Waals surface area contributed by atoms with Crippen LogP contribution in [0.3, 0.4) is 0 Å². The average molecular weight is 489 g/mol. The van der Waals surface area contributed by atoms with Gasteiger partial charge in [0.15, 0.2) is 5.75 Å². The minimum Gasteiger partial charge on any atom is -0.494 e. The Bertz CT molecular complexity index is 1190. The highest BCUT2D eigenvalue weighted by atomic mass is 32.2. The summed E-state index contributed by atoms with van der Waals surface area (Å²) >= 11 is 1.40. The summed E-state index contributed by atoms with van der Waals surface area (Å²) in [7, 11) is -3.74. The highest BCUT2D eigenvalue weighted by molar-refractivity contribution is 7.89. The molecular formula is C23H24N2O6S2. The average Bonchev–Trinajstić information content (AvgIpc) is 3.37. The lowest BCUT2D eigenvalue weighted by Gasteiger charge is -2.26. The monoisotopic (exact) mass is 488 g/mol. The van der Waals surface area contributed by atoms with Crippen molar-refractivity contribution in [2.24, 2.45) is 0 Å². The first kappa shape index (κ1) is 23.2. The van der Waals surface area contributed by atoms with E-state index in [1.54, 1.807) is 47.2 Å². The highest BCUT2D eigenvalue weighted by Crippen LogP contribution is 2.34. The second-order valence-corrected chi connectivity index (χ2v) is 9.87. The summed E-state index contributed by atoms with van der Waals surface area (Å²) in [6, 6.07) is 13.2. The molecule has 33 heavy (non-hydrogen) atoms. The molecule has 1 aliphatic heterocycles. The molecule has 0 saturated carbocycles. The van der Waals surface area contributed by atoms with E-state index in [1.165, 1.54) is 27.8 Å². The van der Waals surface area contributed by atoms with Crippen molar-refractivity contribution in [1.82, 2.24) is 4.31 Å². The molecule has 1 N–H and O–H groups in total. The first-order valence-electron chi connectivity index (χ1n) is 10.4. The molecule has 2 heterocycles. The van der Waals surface area contributed by atoms with Gasteiger partial charge >= 0.3 is 0 Å². The SMILES string of the molecule is CCOc1ccc(Oc2ccc(S(=O)(=O)N3CCOCC3)cc2NC(=O)c2ccsc2)cc1. The topological polar surface area (TPSA) is 94.2 Å². The van der Waals surface area contributed by atoms with Crippen LogP contribution in [0.4, 0.5) is 5.69 Å². The molecule has 10 heteroatoms. The van der Waals surface area contributed by atoms with Gasteiger partial charge < -0.3 is 19.5 Å². The van der Waals surface area contributed by atoms with E-state index in [9.17, 15) is 13.2 Å². The van der Waals surface area contributed by atoms with Crippen molar-refractivity contribution in [1.29, 1.82) is 0 Å². The fourth-order valence-corrected chi connectivity index (χ4v) is 5.35. The number of nitrogens with zero attached hydrogens (tertiary/aromatic N) is 1. The molecule has 3 aromatic rings. The molecular weight excluding hydrogens is 464 g/mol. The van der Waals surface area contributed by atoms with Gasteiger partial charge in [0, 0.05) is 18.5 Å². The first-order valence-corrected chi connectivity index (χ1v) is 12.8. The number of rotatable bonds is 8. The molecule has 1 fully saturated rings. The summed E-state index contributed by atoms with van der Waals surface area (Å²) in [5, 5.41) is 6.31. The number of hydrogen-bond acceptors (Lipinski definition) is 7. The Labute approximate surface area is 196 Å². The Kier molecular flexibility index (Phi) is 7.29. The third-order valence-electron chi connectivity index (χ3n) is 4.95. The Balaban J connectivity index is 1.65.